The summed E-state index contributed by atoms with van der Waals surface area (Å²) in [7, 11) is 4.73. The minimum atomic E-state index is -0.0164. The van der Waals surface area contributed by atoms with E-state index in [1.165, 1.54) is 0 Å². The molecule has 0 saturated heterocycles. The standard InChI is InChI=1S/C24H31N7O4/c1-14(2)31-24-17(11-26-31)23(28-22(29-24)15(3)7-8-32)27-20-12-30(13-25-20)16-9-18(33-4)21(35-6)19(10-16)34-5/h9-15,32H,7-8H2,1-6H3,(H,27,28,29). The fourth-order valence-electron chi connectivity index (χ4n) is 3.83. The highest BCUT2D eigenvalue weighted by Crippen LogP contribution is 2.39. The third kappa shape index (κ3) is 4.72. The van der Waals surface area contributed by atoms with Gasteiger partial charge in [0.1, 0.15) is 23.8 Å². The number of hydrogen-bond donors (Lipinski definition) is 2. The Hall–Kier alpha value is -3.86. The first-order valence-corrected chi connectivity index (χ1v) is 11.4. The molecule has 35 heavy (non-hydrogen) atoms. The van der Waals surface area contributed by atoms with Crippen LogP contribution in [0.1, 0.15) is 45.0 Å². The molecule has 0 saturated carbocycles. The van der Waals surface area contributed by atoms with E-state index in [4.69, 9.17) is 24.2 Å². The summed E-state index contributed by atoms with van der Waals surface area (Å²) in [5, 5.41) is 18.0. The van der Waals surface area contributed by atoms with E-state index >= 15 is 0 Å². The van der Waals surface area contributed by atoms with E-state index in [-0.39, 0.29) is 18.6 Å². The third-order valence-corrected chi connectivity index (χ3v) is 5.74. The van der Waals surface area contributed by atoms with E-state index in [0.717, 1.165) is 16.7 Å². The van der Waals surface area contributed by atoms with Gasteiger partial charge in [-0.25, -0.2) is 19.6 Å². The first-order valence-electron chi connectivity index (χ1n) is 11.4. The average molecular weight is 482 g/mol. The molecule has 1 aromatic carbocycles. The van der Waals surface area contributed by atoms with Crippen molar-refractivity contribution in [3.05, 3.63) is 36.7 Å². The lowest BCUT2D eigenvalue weighted by Gasteiger charge is -2.14. The van der Waals surface area contributed by atoms with Gasteiger partial charge >= 0.3 is 0 Å². The molecule has 0 amide bonds. The minimum absolute atomic E-state index is 0.0164. The van der Waals surface area contributed by atoms with Crippen LogP contribution >= 0.6 is 0 Å². The van der Waals surface area contributed by atoms with Gasteiger partial charge in [0.2, 0.25) is 5.75 Å². The Kier molecular flexibility index (Phi) is 7.06. The van der Waals surface area contributed by atoms with Gasteiger partial charge in [-0.15, -0.1) is 0 Å². The molecule has 0 fully saturated rings. The van der Waals surface area contributed by atoms with E-state index in [2.05, 4.69) is 29.2 Å². The molecule has 0 bridgehead atoms. The molecule has 11 heteroatoms. The van der Waals surface area contributed by atoms with Crippen molar-refractivity contribution in [2.24, 2.45) is 0 Å². The summed E-state index contributed by atoms with van der Waals surface area (Å²) in [6, 6.07) is 3.82. The Bertz CT molecular complexity index is 1290. The maximum atomic E-state index is 9.41. The number of methoxy groups -OCH3 is 3. The van der Waals surface area contributed by atoms with Gasteiger partial charge < -0.3 is 29.2 Å². The monoisotopic (exact) mass is 481 g/mol. The molecule has 3 heterocycles. The highest BCUT2D eigenvalue weighted by molar-refractivity contribution is 5.88. The maximum Gasteiger partial charge on any atom is 0.203 e. The fraction of sp³-hybridized carbons (Fsp3) is 0.417. The molecule has 0 aliphatic heterocycles. The number of anilines is 2. The maximum absolute atomic E-state index is 9.41. The molecule has 4 aromatic rings. The molecular formula is C24H31N7O4. The lowest BCUT2D eigenvalue weighted by atomic mass is 10.1. The van der Waals surface area contributed by atoms with Gasteiger partial charge in [-0.05, 0) is 20.3 Å². The summed E-state index contributed by atoms with van der Waals surface area (Å²) in [6.07, 6.45) is 5.86. The molecule has 3 aromatic heterocycles. The normalized spacial score (nSPS) is 12.2. The van der Waals surface area contributed by atoms with Gasteiger partial charge in [-0.3, -0.25) is 0 Å². The number of aliphatic hydroxyl groups excluding tert-OH is 1. The molecule has 1 unspecified atom stereocenters. The zero-order valence-electron chi connectivity index (χ0n) is 20.8. The number of nitrogens with zero attached hydrogens (tertiary/aromatic N) is 6. The van der Waals surface area contributed by atoms with Gasteiger partial charge in [0.25, 0.3) is 0 Å². The minimum Gasteiger partial charge on any atom is -0.493 e. The molecular weight excluding hydrogens is 450 g/mol. The van der Waals surface area contributed by atoms with Crippen LogP contribution in [0.3, 0.4) is 0 Å². The van der Waals surface area contributed by atoms with Crippen LogP contribution in [0.4, 0.5) is 11.6 Å². The first kappa shape index (κ1) is 24.3. The Balaban J connectivity index is 1.73. The van der Waals surface area contributed by atoms with Gasteiger partial charge in [-0.2, -0.15) is 5.10 Å². The summed E-state index contributed by atoms with van der Waals surface area (Å²) in [5.74, 6) is 3.44. The molecule has 0 radical (unpaired) electrons. The third-order valence-electron chi connectivity index (χ3n) is 5.74. The largest absolute Gasteiger partial charge is 0.493 e. The van der Waals surface area contributed by atoms with Crippen molar-refractivity contribution in [1.29, 1.82) is 0 Å². The van der Waals surface area contributed by atoms with Crippen LogP contribution < -0.4 is 19.5 Å². The van der Waals surface area contributed by atoms with Crippen molar-refractivity contribution in [2.45, 2.75) is 39.2 Å². The van der Waals surface area contributed by atoms with Crippen molar-refractivity contribution in [2.75, 3.05) is 33.3 Å². The number of aromatic nitrogens is 6. The molecule has 0 aliphatic carbocycles. The summed E-state index contributed by atoms with van der Waals surface area (Å²) in [6.45, 7) is 6.17. The number of aliphatic hydroxyl groups is 1. The van der Waals surface area contributed by atoms with E-state index in [1.54, 1.807) is 33.9 Å². The molecule has 0 spiro atoms. The molecule has 4 rings (SSSR count). The second kappa shape index (κ2) is 10.2. The lowest BCUT2D eigenvalue weighted by Crippen LogP contribution is -2.09. The van der Waals surface area contributed by atoms with E-state index in [0.29, 0.717) is 41.1 Å². The highest BCUT2D eigenvalue weighted by atomic mass is 16.5. The summed E-state index contributed by atoms with van der Waals surface area (Å²) in [5.41, 5.74) is 1.53. The van der Waals surface area contributed by atoms with Crippen molar-refractivity contribution >= 4 is 22.7 Å². The predicted molar refractivity (Wildman–Crippen MR) is 132 cm³/mol. The summed E-state index contributed by atoms with van der Waals surface area (Å²) < 4.78 is 20.1. The van der Waals surface area contributed by atoms with Gasteiger partial charge in [-0.1, -0.05) is 6.92 Å². The van der Waals surface area contributed by atoms with E-state index < -0.39 is 0 Å². The zero-order chi connectivity index (χ0) is 25.1. The predicted octanol–water partition coefficient (Wildman–Crippen LogP) is 3.85. The first-order chi connectivity index (χ1) is 16.9. The summed E-state index contributed by atoms with van der Waals surface area (Å²) in [4.78, 5) is 14.0. The fourth-order valence-corrected chi connectivity index (χ4v) is 3.83. The molecule has 2 N–H and O–H groups in total. The lowest BCUT2D eigenvalue weighted by molar-refractivity contribution is 0.277. The number of imidazole rings is 1. The van der Waals surface area contributed by atoms with Crippen LogP contribution in [0.5, 0.6) is 17.2 Å². The average Bonchev–Trinajstić information content (AvgIpc) is 3.50. The number of rotatable bonds is 10. The van der Waals surface area contributed by atoms with Crippen LogP contribution in [-0.2, 0) is 0 Å². The summed E-state index contributed by atoms with van der Waals surface area (Å²) >= 11 is 0. The zero-order valence-corrected chi connectivity index (χ0v) is 20.8. The second-order valence-electron chi connectivity index (χ2n) is 8.44. The highest BCUT2D eigenvalue weighted by Gasteiger charge is 2.19. The van der Waals surface area contributed by atoms with Crippen LogP contribution in [0.15, 0.2) is 30.9 Å². The SMILES string of the molecule is COc1cc(-n2cnc(Nc3nc(C(C)CCO)nc4c3cnn4C(C)C)c2)cc(OC)c1OC. The molecule has 186 valence electrons. The topological polar surface area (TPSA) is 121 Å². The Labute approximate surface area is 203 Å². The smallest absolute Gasteiger partial charge is 0.203 e. The van der Waals surface area contributed by atoms with Crippen LogP contribution in [-0.4, -0.2) is 62.3 Å². The Morgan fingerprint density at radius 1 is 1.03 bits per heavy atom. The van der Waals surface area contributed by atoms with Gasteiger partial charge in [0.05, 0.1) is 44.8 Å². The van der Waals surface area contributed by atoms with Crippen molar-refractivity contribution in [3.8, 4) is 22.9 Å². The van der Waals surface area contributed by atoms with Crippen LogP contribution in [0.2, 0.25) is 0 Å². The molecule has 0 aliphatic rings. The van der Waals surface area contributed by atoms with E-state index in [1.807, 2.05) is 34.5 Å². The van der Waals surface area contributed by atoms with Crippen molar-refractivity contribution in [1.82, 2.24) is 29.3 Å². The number of ether oxygens (including phenoxy) is 3. The number of hydrogen-bond acceptors (Lipinski definition) is 9. The van der Waals surface area contributed by atoms with Crippen LogP contribution in [0, 0.1) is 0 Å². The Morgan fingerprint density at radius 3 is 2.34 bits per heavy atom. The molecule has 1 atom stereocenters. The van der Waals surface area contributed by atoms with Gasteiger partial charge in [0, 0.05) is 30.7 Å². The number of nitrogens with one attached hydrogen (secondary N) is 1. The number of fused-ring (bicyclic) bond motifs is 1. The second-order valence-corrected chi connectivity index (χ2v) is 8.44. The van der Waals surface area contributed by atoms with Gasteiger partial charge in [0.15, 0.2) is 17.1 Å². The molecule has 11 nitrogen and oxygen atoms in total. The van der Waals surface area contributed by atoms with Crippen molar-refractivity contribution in [3.63, 3.8) is 0 Å². The number of benzene rings is 1. The van der Waals surface area contributed by atoms with Crippen LogP contribution in [0.25, 0.3) is 16.7 Å². The Morgan fingerprint density at radius 2 is 1.74 bits per heavy atom. The quantitative estimate of drug-likeness (QED) is 0.348. The van der Waals surface area contributed by atoms with Crippen molar-refractivity contribution < 1.29 is 19.3 Å². The van der Waals surface area contributed by atoms with E-state index in [9.17, 15) is 5.11 Å².